The van der Waals surface area contributed by atoms with Gasteiger partial charge in [-0.05, 0) is 6.42 Å². The average Bonchev–Trinajstić information content (AvgIpc) is 2.69. The number of carbonyl (C=O) groups is 1. The minimum Gasteiger partial charge on any atom is -0.393 e. The zero-order valence-corrected chi connectivity index (χ0v) is 12.6. The predicted molar refractivity (Wildman–Crippen MR) is 76.6 cm³/mol. The molecule has 0 saturated carbocycles. The summed E-state index contributed by atoms with van der Waals surface area (Å²) in [6.07, 6.45) is 0.835. The van der Waals surface area contributed by atoms with Gasteiger partial charge in [0.05, 0.1) is 29.0 Å². The number of carbonyl (C=O) groups excluding carboxylic acids is 1. The zero-order chi connectivity index (χ0) is 14.5. The van der Waals surface area contributed by atoms with Crippen LogP contribution in [0.2, 0.25) is 0 Å². The van der Waals surface area contributed by atoms with Gasteiger partial charge in [0.2, 0.25) is 5.91 Å². The highest BCUT2D eigenvalue weighted by Gasteiger charge is 2.35. The van der Waals surface area contributed by atoms with Gasteiger partial charge in [-0.2, -0.15) is 0 Å². The van der Waals surface area contributed by atoms with Crippen LogP contribution in [-0.2, 0) is 19.4 Å². The number of hydrogen-bond acceptors (Lipinski definition) is 5. The molecule has 2 N–H and O–H groups in total. The Kier molecular flexibility index (Phi) is 6.15. The number of nitrogens with zero attached hydrogens (tertiary/aromatic N) is 1. The molecule has 0 aromatic rings. The molecule has 1 amide bonds. The van der Waals surface area contributed by atoms with Crippen LogP contribution in [-0.4, -0.2) is 62.5 Å². The van der Waals surface area contributed by atoms with Gasteiger partial charge in [0, 0.05) is 26.6 Å². The van der Waals surface area contributed by atoms with Crippen LogP contribution in [0.5, 0.6) is 0 Å². The normalized spacial score (nSPS) is 21.2. The summed E-state index contributed by atoms with van der Waals surface area (Å²) in [5, 5.41) is 0. The summed E-state index contributed by atoms with van der Waals surface area (Å²) < 4.78 is 27.8. The molecule has 1 heterocycles. The first kappa shape index (κ1) is 16.3. The van der Waals surface area contributed by atoms with Crippen LogP contribution in [0, 0.1) is 5.92 Å². The Bertz CT molecular complexity index is 436. The Morgan fingerprint density at radius 1 is 1.47 bits per heavy atom. The molecule has 1 saturated heterocycles. The minimum atomic E-state index is -3.06. The standard InChI is InChI=1S/C11H20N2O4S2/c1-17-6-5-13(4-2-10(12)18)11(14)9-3-7-19(15,16)8-9/h9H,2-8H2,1H3,(H2,12,18). The van der Waals surface area contributed by atoms with Crippen LogP contribution < -0.4 is 5.73 Å². The number of methoxy groups -OCH3 is 1. The Labute approximate surface area is 119 Å². The van der Waals surface area contributed by atoms with E-state index in [9.17, 15) is 13.2 Å². The van der Waals surface area contributed by atoms with Crippen molar-refractivity contribution in [1.82, 2.24) is 4.90 Å². The van der Waals surface area contributed by atoms with E-state index in [1.54, 1.807) is 12.0 Å². The third kappa shape index (κ3) is 5.42. The Balaban J connectivity index is 2.62. The number of rotatable bonds is 7. The summed E-state index contributed by atoms with van der Waals surface area (Å²) in [5.41, 5.74) is 5.43. The first-order valence-electron chi connectivity index (χ1n) is 6.12. The van der Waals surface area contributed by atoms with Gasteiger partial charge in [-0.15, -0.1) is 0 Å². The van der Waals surface area contributed by atoms with E-state index in [2.05, 4.69) is 0 Å². The number of nitrogens with two attached hydrogens (primary N) is 1. The molecule has 110 valence electrons. The molecule has 1 rings (SSSR count). The molecule has 1 unspecified atom stereocenters. The van der Waals surface area contributed by atoms with Crippen molar-refractivity contribution >= 4 is 33.0 Å². The lowest BCUT2D eigenvalue weighted by Gasteiger charge is -2.24. The molecule has 1 aliphatic rings. The summed E-state index contributed by atoms with van der Waals surface area (Å²) in [7, 11) is -1.50. The van der Waals surface area contributed by atoms with Crippen LogP contribution in [0.15, 0.2) is 0 Å². The van der Waals surface area contributed by atoms with Gasteiger partial charge in [-0.3, -0.25) is 4.79 Å². The molecular weight excluding hydrogens is 288 g/mol. The maximum absolute atomic E-state index is 12.3. The van der Waals surface area contributed by atoms with E-state index >= 15 is 0 Å². The highest BCUT2D eigenvalue weighted by molar-refractivity contribution is 7.91. The van der Waals surface area contributed by atoms with Crippen LogP contribution in [0.3, 0.4) is 0 Å². The minimum absolute atomic E-state index is 0.0532. The van der Waals surface area contributed by atoms with Crippen molar-refractivity contribution in [3.8, 4) is 0 Å². The van der Waals surface area contributed by atoms with Crippen molar-refractivity contribution in [2.24, 2.45) is 11.7 Å². The van der Waals surface area contributed by atoms with Gasteiger partial charge in [-0.25, -0.2) is 8.42 Å². The molecular formula is C11H20N2O4S2. The molecule has 1 aliphatic heterocycles. The fraction of sp³-hybridized carbons (Fsp3) is 0.818. The third-order valence-electron chi connectivity index (χ3n) is 3.09. The molecule has 19 heavy (non-hydrogen) atoms. The van der Waals surface area contributed by atoms with Crippen molar-refractivity contribution in [3.63, 3.8) is 0 Å². The Morgan fingerprint density at radius 2 is 2.16 bits per heavy atom. The van der Waals surface area contributed by atoms with Crippen molar-refractivity contribution in [1.29, 1.82) is 0 Å². The lowest BCUT2D eigenvalue weighted by Crippen LogP contribution is -2.40. The van der Waals surface area contributed by atoms with Crippen molar-refractivity contribution < 1.29 is 17.9 Å². The first-order chi connectivity index (χ1) is 8.85. The smallest absolute Gasteiger partial charge is 0.226 e. The molecule has 0 aromatic carbocycles. The molecule has 1 atom stereocenters. The summed E-state index contributed by atoms with van der Waals surface area (Å²) in [6.45, 7) is 1.24. The first-order valence-corrected chi connectivity index (χ1v) is 8.35. The van der Waals surface area contributed by atoms with Gasteiger partial charge < -0.3 is 15.4 Å². The Morgan fingerprint density at radius 3 is 2.63 bits per heavy atom. The molecule has 0 aromatic heterocycles. The molecule has 0 radical (unpaired) electrons. The molecule has 1 fully saturated rings. The highest BCUT2D eigenvalue weighted by atomic mass is 32.2. The van der Waals surface area contributed by atoms with E-state index in [-0.39, 0.29) is 17.4 Å². The zero-order valence-electron chi connectivity index (χ0n) is 11.0. The fourth-order valence-electron chi connectivity index (χ4n) is 2.03. The summed E-state index contributed by atoms with van der Waals surface area (Å²) >= 11 is 4.80. The van der Waals surface area contributed by atoms with Crippen LogP contribution in [0.1, 0.15) is 12.8 Å². The predicted octanol–water partition coefficient (Wildman–Crippen LogP) is -0.428. The van der Waals surface area contributed by atoms with Gasteiger partial charge >= 0.3 is 0 Å². The SMILES string of the molecule is COCCN(CCC(N)=S)C(=O)C1CCS(=O)(=O)C1. The van der Waals surface area contributed by atoms with Crippen LogP contribution in [0.25, 0.3) is 0 Å². The third-order valence-corrected chi connectivity index (χ3v) is 5.06. The highest BCUT2D eigenvalue weighted by Crippen LogP contribution is 2.20. The van der Waals surface area contributed by atoms with Gasteiger partial charge in [0.15, 0.2) is 9.84 Å². The molecule has 6 nitrogen and oxygen atoms in total. The number of thiocarbonyl (C=S) groups is 1. The largest absolute Gasteiger partial charge is 0.393 e. The van der Waals surface area contributed by atoms with Crippen LogP contribution in [0.4, 0.5) is 0 Å². The molecule has 0 spiro atoms. The van der Waals surface area contributed by atoms with Crippen molar-refractivity contribution in [2.75, 3.05) is 38.3 Å². The monoisotopic (exact) mass is 308 g/mol. The van der Waals surface area contributed by atoms with E-state index in [1.165, 1.54) is 0 Å². The second kappa shape index (κ2) is 7.16. The van der Waals surface area contributed by atoms with Crippen molar-refractivity contribution in [3.05, 3.63) is 0 Å². The van der Waals surface area contributed by atoms with Gasteiger partial charge in [0.1, 0.15) is 0 Å². The van der Waals surface area contributed by atoms with Crippen molar-refractivity contribution in [2.45, 2.75) is 12.8 Å². The number of ether oxygens (including phenoxy) is 1. The summed E-state index contributed by atoms with van der Waals surface area (Å²) in [6, 6.07) is 0. The Hall–Kier alpha value is -0.730. The van der Waals surface area contributed by atoms with E-state index in [0.29, 0.717) is 37.5 Å². The van der Waals surface area contributed by atoms with Crippen LogP contribution >= 0.6 is 12.2 Å². The molecule has 0 aliphatic carbocycles. The lowest BCUT2D eigenvalue weighted by molar-refractivity contribution is -0.135. The fourth-order valence-corrected chi connectivity index (χ4v) is 3.85. The second-order valence-corrected chi connectivity index (χ2v) is 7.39. The van der Waals surface area contributed by atoms with Gasteiger partial charge in [-0.1, -0.05) is 12.2 Å². The van der Waals surface area contributed by atoms with Gasteiger partial charge in [0.25, 0.3) is 0 Å². The molecule has 0 bridgehead atoms. The number of amides is 1. The maximum atomic E-state index is 12.3. The van der Waals surface area contributed by atoms with E-state index in [1.807, 2.05) is 0 Å². The quantitative estimate of drug-likeness (QED) is 0.642. The lowest BCUT2D eigenvalue weighted by atomic mass is 10.1. The summed E-state index contributed by atoms with van der Waals surface area (Å²) in [4.78, 5) is 14.2. The maximum Gasteiger partial charge on any atom is 0.226 e. The average molecular weight is 308 g/mol. The van der Waals surface area contributed by atoms with E-state index < -0.39 is 15.8 Å². The van der Waals surface area contributed by atoms with E-state index in [0.717, 1.165) is 0 Å². The van der Waals surface area contributed by atoms with E-state index in [4.69, 9.17) is 22.7 Å². The molecule has 8 heteroatoms. The second-order valence-electron chi connectivity index (χ2n) is 4.63. The summed E-state index contributed by atoms with van der Waals surface area (Å²) in [5.74, 6) is -0.540. The number of hydrogen-bond donors (Lipinski definition) is 1. The topological polar surface area (TPSA) is 89.7 Å². The number of sulfone groups is 1.